The lowest BCUT2D eigenvalue weighted by molar-refractivity contribution is 0.0550. The third kappa shape index (κ3) is 4.79. The van der Waals surface area contributed by atoms with E-state index in [-0.39, 0.29) is 23.1 Å². The summed E-state index contributed by atoms with van der Waals surface area (Å²) in [6, 6.07) is 10.7. The smallest absolute Gasteiger partial charge is 0.339 e. The van der Waals surface area contributed by atoms with Gasteiger partial charge in [-0.05, 0) is 87.5 Å². The van der Waals surface area contributed by atoms with Crippen LogP contribution in [-0.2, 0) is 4.74 Å². The van der Waals surface area contributed by atoms with E-state index in [1.54, 1.807) is 24.3 Å². The minimum Gasteiger partial charge on any atom is -0.487 e. The molecule has 0 bridgehead atoms. The summed E-state index contributed by atoms with van der Waals surface area (Å²) in [4.78, 5) is 25.7. The third-order valence-electron chi connectivity index (χ3n) is 5.10. The van der Waals surface area contributed by atoms with Crippen molar-refractivity contribution in [3.63, 3.8) is 0 Å². The number of benzene rings is 3. The van der Waals surface area contributed by atoms with Crippen LogP contribution in [0.5, 0.6) is 5.75 Å². The van der Waals surface area contributed by atoms with Gasteiger partial charge in [0.2, 0.25) is 5.43 Å². The number of carbonyl (C=O) groups excluding carboxylic acids is 1. The SMILES string of the molecule is C=CCOC(=O)c1ccccc1-c1c2cc(Br)c(=O)c(Br)c-2oc2c(Br)c(OCC=C)c(Br)cc12. The van der Waals surface area contributed by atoms with E-state index in [4.69, 9.17) is 13.9 Å². The highest BCUT2D eigenvalue weighted by Crippen LogP contribution is 2.49. The molecule has 0 radical (unpaired) electrons. The predicted octanol–water partition coefficient (Wildman–Crippen LogP) is 8.52. The van der Waals surface area contributed by atoms with E-state index in [2.05, 4.69) is 76.9 Å². The Balaban J connectivity index is 2.17. The molecule has 0 N–H and O–H groups in total. The summed E-state index contributed by atoms with van der Waals surface area (Å²) in [5, 5.41) is 0.684. The summed E-state index contributed by atoms with van der Waals surface area (Å²) >= 11 is 13.9. The number of carbonyl (C=O) groups is 1. The monoisotopic (exact) mass is 724 g/mol. The zero-order valence-corrected chi connectivity index (χ0v) is 24.3. The molecule has 2 aromatic carbocycles. The van der Waals surface area contributed by atoms with Crippen LogP contribution in [0.3, 0.4) is 0 Å². The van der Waals surface area contributed by atoms with Crippen molar-refractivity contribution in [2.45, 2.75) is 0 Å². The van der Waals surface area contributed by atoms with Gasteiger partial charge in [0, 0.05) is 16.5 Å². The van der Waals surface area contributed by atoms with Crippen LogP contribution in [0.1, 0.15) is 10.4 Å². The van der Waals surface area contributed by atoms with Crippen LogP contribution in [0.2, 0.25) is 0 Å². The second-order valence-corrected chi connectivity index (χ2v) is 10.6. The molecule has 0 saturated heterocycles. The maximum Gasteiger partial charge on any atom is 0.339 e. The Morgan fingerprint density at radius 1 is 0.943 bits per heavy atom. The molecule has 0 aromatic heterocycles. The van der Waals surface area contributed by atoms with E-state index in [0.717, 1.165) is 0 Å². The van der Waals surface area contributed by atoms with Crippen molar-refractivity contribution in [3.8, 4) is 28.2 Å². The van der Waals surface area contributed by atoms with Gasteiger partial charge in [0.15, 0.2) is 17.1 Å². The Morgan fingerprint density at radius 3 is 2.37 bits per heavy atom. The van der Waals surface area contributed by atoms with E-state index in [9.17, 15) is 9.59 Å². The van der Waals surface area contributed by atoms with Crippen LogP contribution in [0, 0.1) is 0 Å². The molecule has 2 aliphatic rings. The highest BCUT2D eigenvalue weighted by molar-refractivity contribution is 9.11. The lowest BCUT2D eigenvalue weighted by atomic mass is 9.91. The van der Waals surface area contributed by atoms with Gasteiger partial charge in [-0.25, -0.2) is 4.79 Å². The Labute approximate surface area is 234 Å². The first-order valence-corrected chi connectivity index (χ1v) is 13.3. The van der Waals surface area contributed by atoms with Gasteiger partial charge in [0.25, 0.3) is 0 Å². The molecular formula is C26H16Br4O5. The molecule has 5 nitrogen and oxygen atoms in total. The van der Waals surface area contributed by atoms with Crippen molar-refractivity contribution in [1.29, 1.82) is 0 Å². The van der Waals surface area contributed by atoms with Crippen LogP contribution in [0.15, 0.2) is 88.8 Å². The van der Waals surface area contributed by atoms with Crippen LogP contribution in [-0.4, -0.2) is 19.2 Å². The fourth-order valence-electron chi connectivity index (χ4n) is 3.64. The molecule has 0 saturated carbocycles. The molecule has 0 amide bonds. The van der Waals surface area contributed by atoms with E-state index >= 15 is 0 Å². The number of halogens is 4. The first-order chi connectivity index (χ1) is 16.8. The van der Waals surface area contributed by atoms with Crippen LogP contribution in [0.25, 0.3) is 33.4 Å². The Hall–Kier alpha value is -2.20. The molecule has 4 rings (SSSR count). The normalized spacial score (nSPS) is 11.0. The lowest BCUT2D eigenvalue weighted by Gasteiger charge is -2.20. The number of ether oxygens (including phenoxy) is 2. The number of hydrogen-bond acceptors (Lipinski definition) is 5. The van der Waals surface area contributed by atoms with Crippen molar-refractivity contribution < 1.29 is 18.7 Å². The summed E-state index contributed by atoms with van der Waals surface area (Å²) in [6.07, 6.45) is 3.14. The van der Waals surface area contributed by atoms with E-state index in [1.165, 1.54) is 6.08 Å². The quantitative estimate of drug-likeness (QED) is 0.109. The lowest BCUT2D eigenvalue weighted by Crippen LogP contribution is -2.09. The molecule has 178 valence electrons. The Bertz CT molecular complexity index is 1520. The minimum absolute atomic E-state index is 0.0799. The summed E-state index contributed by atoms with van der Waals surface area (Å²) in [5.74, 6) is 0.346. The second kappa shape index (κ2) is 10.8. The maximum atomic E-state index is 13.0. The molecular weight excluding hydrogens is 712 g/mol. The first-order valence-electron chi connectivity index (χ1n) is 10.2. The highest BCUT2D eigenvalue weighted by atomic mass is 79.9. The second-order valence-electron chi connectivity index (χ2n) is 7.27. The molecule has 1 aliphatic carbocycles. The van der Waals surface area contributed by atoms with E-state index < -0.39 is 5.97 Å². The van der Waals surface area contributed by atoms with Gasteiger partial charge in [-0.2, -0.15) is 0 Å². The molecule has 1 heterocycles. The van der Waals surface area contributed by atoms with Gasteiger partial charge >= 0.3 is 5.97 Å². The van der Waals surface area contributed by atoms with Gasteiger partial charge in [-0.3, -0.25) is 4.79 Å². The highest BCUT2D eigenvalue weighted by Gasteiger charge is 2.28. The number of fused-ring (bicyclic) bond motifs is 2. The predicted molar refractivity (Wildman–Crippen MR) is 152 cm³/mol. The summed E-state index contributed by atoms with van der Waals surface area (Å²) < 4.78 is 19.3. The number of esters is 1. The van der Waals surface area contributed by atoms with Crippen molar-refractivity contribution in [2.75, 3.05) is 13.2 Å². The average molecular weight is 728 g/mol. The molecule has 0 spiro atoms. The van der Waals surface area contributed by atoms with Crippen LogP contribution >= 0.6 is 63.7 Å². The van der Waals surface area contributed by atoms with Gasteiger partial charge in [-0.15, -0.1) is 0 Å². The zero-order valence-electron chi connectivity index (χ0n) is 18.0. The average Bonchev–Trinajstić information content (AvgIpc) is 2.85. The molecule has 0 fully saturated rings. The summed E-state index contributed by atoms with van der Waals surface area (Å²) in [5.41, 5.74) is 2.46. The summed E-state index contributed by atoms with van der Waals surface area (Å²) in [7, 11) is 0. The van der Waals surface area contributed by atoms with Crippen molar-refractivity contribution in [1.82, 2.24) is 0 Å². The van der Waals surface area contributed by atoms with Crippen molar-refractivity contribution >= 4 is 80.7 Å². The fraction of sp³-hybridized carbons (Fsp3) is 0.0769. The van der Waals surface area contributed by atoms with E-state index in [1.807, 2.05) is 18.2 Å². The Kier molecular flexibility index (Phi) is 8.00. The zero-order chi connectivity index (χ0) is 25.3. The van der Waals surface area contributed by atoms with Gasteiger partial charge in [-0.1, -0.05) is 43.5 Å². The molecule has 2 aromatic rings. The molecule has 0 atom stereocenters. The van der Waals surface area contributed by atoms with Crippen LogP contribution in [0.4, 0.5) is 0 Å². The van der Waals surface area contributed by atoms with Gasteiger partial charge < -0.3 is 13.9 Å². The van der Waals surface area contributed by atoms with Crippen molar-refractivity contribution in [3.05, 3.63) is 95.4 Å². The molecule has 0 unspecified atom stereocenters. The fourth-order valence-corrected chi connectivity index (χ4v) is 6.27. The van der Waals surface area contributed by atoms with E-state index in [0.29, 0.717) is 58.2 Å². The number of rotatable bonds is 7. The first kappa shape index (κ1) is 25.9. The maximum absolute atomic E-state index is 13.0. The minimum atomic E-state index is -0.495. The Morgan fingerprint density at radius 2 is 1.66 bits per heavy atom. The largest absolute Gasteiger partial charge is 0.487 e. The topological polar surface area (TPSA) is 65.7 Å². The van der Waals surface area contributed by atoms with Crippen molar-refractivity contribution in [2.24, 2.45) is 0 Å². The standard InChI is InChI=1S/C26H16Br4O5/c1-3-9-33-25-18(28)12-16-19(13-7-5-6-8-14(13)26(32)34-10-4-2)15-11-17(27)22(31)20(29)23(15)35-24(16)21(25)30/h3-8,11-12H,1-2,9-10H2. The molecule has 9 heteroatoms. The summed E-state index contributed by atoms with van der Waals surface area (Å²) in [6.45, 7) is 7.66. The van der Waals surface area contributed by atoms with Gasteiger partial charge in [0.1, 0.15) is 22.2 Å². The third-order valence-corrected chi connectivity index (χ3v) is 7.72. The molecule has 35 heavy (non-hydrogen) atoms. The number of hydrogen-bond donors (Lipinski definition) is 0. The molecule has 1 aliphatic heterocycles. The van der Waals surface area contributed by atoms with Crippen LogP contribution < -0.4 is 10.2 Å². The van der Waals surface area contributed by atoms with Gasteiger partial charge in [0.05, 0.1) is 14.5 Å².